The Kier molecular flexibility index (Phi) is 4.99. The van der Waals surface area contributed by atoms with E-state index in [1.165, 1.54) is 25.0 Å². The highest BCUT2D eigenvalue weighted by molar-refractivity contribution is 5.45. The van der Waals surface area contributed by atoms with Crippen LogP contribution >= 0.6 is 0 Å². The van der Waals surface area contributed by atoms with Crippen molar-refractivity contribution in [1.29, 1.82) is 0 Å². The maximum Gasteiger partial charge on any atom is 0.185 e. The molecule has 1 atom stereocenters. The van der Waals surface area contributed by atoms with Crippen LogP contribution in [0.2, 0.25) is 0 Å². The molecule has 0 aromatic carbocycles. The maximum absolute atomic E-state index is 14.7. The normalized spacial score (nSPS) is 22.9. The van der Waals surface area contributed by atoms with Crippen molar-refractivity contribution in [2.75, 3.05) is 16.5 Å². The molecule has 3 heterocycles. The second-order valence-electron chi connectivity index (χ2n) is 7.92. The van der Waals surface area contributed by atoms with Crippen LogP contribution in [0.15, 0.2) is 25.0 Å². The molecule has 3 aliphatic rings. The van der Waals surface area contributed by atoms with Crippen molar-refractivity contribution < 1.29 is 8.78 Å². The van der Waals surface area contributed by atoms with Gasteiger partial charge in [0.15, 0.2) is 23.3 Å². The molecule has 3 fully saturated rings. The van der Waals surface area contributed by atoms with E-state index in [0.29, 0.717) is 18.2 Å². The first kappa shape index (κ1) is 18.6. The monoisotopic (exact) mass is 400 g/mol. The smallest absolute Gasteiger partial charge is 0.185 e. The zero-order valence-corrected chi connectivity index (χ0v) is 16.2. The van der Waals surface area contributed by atoms with Gasteiger partial charge in [0.05, 0.1) is 12.4 Å². The van der Waals surface area contributed by atoms with Crippen molar-refractivity contribution in [3.05, 3.63) is 43.1 Å². The van der Waals surface area contributed by atoms with Crippen LogP contribution in [0.1, 0.15) is 44.9 Å². The lowest BCUT2D eigenvalue weighted by Gasteiger charge is -2.45. The molecular formula is C20H24F2N7. The molecule has 0 spiro atoms. The number of halogens is 2. The zero-order valence-electron chi connectivity index (χ0n) is 16.2. The topological polar surface area (TPSA) is 61.3 Å². The predicted molar refractivity (Wildman–Crippen MR) is 104 cm³/mol. The first-order valence-electron chi connectivity index (χ1n) is 10.3. The van der Waals surface area contributed by atoms with Crippen molar-refractivity contribution in [2.24, 2.45) is 0 Å². The van der Waals surface area contributed by atoms with Gasteiger partial charge in [0.1, 0.15) is 18.8 Å². The number of hydrazine groups is 1. The largest absolute Gasteiger partial charge is 0.334 e. The Labute approximate surface area is 168 Å². The highest BCUT2D eigenvalue weighted by Gasteiger charge is 2.44. The van der Waals surface area contributed by atoms with Crippen LogP contribution in [-0.4, -0.2) is 49.7 Å². The van der Waals surface area contributed by atoms with Crippen molar-refractivity contribution in [3.63, 3.8) is 0 Å². The molecule has 1 unspecified atom stereocenters. The Morgan fingerprint density at radius 1 is 0.862 bits per heavy atom. The average molecular weight is 400 g/mol. The molecule has 1 saturated heterocycles. The molecular weight excluding hydrogens is 376 g/mol. The van der Waals surface area contributed by atoms with Gasteiger partial charge in [0, 0.05) is 18.6 Å². The second-order valence-corrected chi connectivity index (χ2v) is 7.92. The summed E-state index contributed by atoms with van der Waals surface area (Å²) in [5.74, 6) is -0.229. The van der Waals surface area contributed by atoms with E-state index in [1.54, 1.807) is 0 Å². The molecule has 153 valence electrons. The molecule has 0 amide bonds. The van der Waals surface area contributed by atoms with Crippen LogP contribution < -0.4 is 9.91 Å². The van der Waals surface area contributed by atoms with Gasteiger partial charge in [-0.05, 0) is 51.4 Å². The van der Waals surface area contributed by atoms with Gasteiger partial charge >= 0.3 is 0 Å². The van der Waals surface area contributed by atoms with Crippen LogP contribution in [0.4, 0.5) is 20.4 Å². The number of anilines is 2. The summed E-state index contributed by atoms with van der Waals surface area (Å²) >= 11 is 0. The van der Waals surface area contributed by atoms with Crippen LogP contribution in [0.25, 0.3) is 0 Å². The fourth-order valence-corrected chi connectivity index (χ4v) is 4.16. The van der Waals surface area contributed by atoms with Crippen molar-refractivity contribution in [1.82, 2.24) is 24.9 Å². The Morgan fingerprint density at radius 2 is 1.52 bits per heavy atom. The maximum atomic E-state index is 14.7. The van der Waals surface area contributed by atoms with E-state index >= 15 is 0 Å². The fraction of sp³-hybridized carbons (Fsp3) is 0.550. The summed E-state index contributed by atoms with van der Waals surface area (Å²) in [6.45, 7) is 0.653. The zero-order chi connectivity index (χ0) is 19.8. The standard InChI is InChI=1S/C20H24F2N7/c21-16-10-23-12-25-19(16)28(14-5-6-14)18-4-2-1-3-9-27(18)29(15-7-8-15)20-17(22)11-24-13-26-20/h3,10-15,18H,1-2,4-9H2. The molecule has 0 N–H and O–H groups in total. The van der Waals surface area contributed by atoms with Gasteiger partial charge in [-0.3, -0.25) is 5.01 Å². The quantitative estimate of drug-likeness (QED) is 0.738. The third kappa shape index (κ3) is 3.75. The van der Waals surface area contributed by atoms with E-state index < -0.39 is 11.6 Å². The predicted octanol–water partition coefficient (Wildman–Crippen LogP) is 3.11. The molecule has 0 bridgehead atoms. The summed E-state index contributed by atoms with van der Waals surface area (Å²) in [6, 6.07) is 0.436. The minimum Gasteiger partial charge on any atom is -0.334 e. The number of aromatic nitrogens is 4. The van der Waals surface area contributed by atoms with E-state index in [4.69, 9.17) is 0 Å². The van der Waals surface area contributed by atoms with Crippen LogP contribution in [0.5, 0.6) is 0 Å². The first-order valence-corrected chi connectivity index (χ1v) is 10.3. The third-order valence-corrected chi connectivity index (χ3v) is 5.72. The number of hydrogen-bond acceptors (Lipinski definition) is 7. The summed E-state index contributed by atoms with van der Waals surface area (Å²) in [4.78, 5) is 18.2. The van der Waals surface area contributed by atoms with Crippen molar-refractivity contribution >= 4 is 11.6 Å². The van der Waals surface area contributed by atoms with Gasteiger partial charge in [0.25, 0.3) is 0 Å². The highest BCUT2D eigenvalue weighted by Crippen LogP contribution is 2.40. The summed E-state index contributed by atoms with van der Waals surface area (Å²) < 4.78 is 29.4. The Bertz CT molecular complexity index is 789. The van der Waals surface area contributed by atoms with Gasteiger partial charge in [-0.2, -0.15) is 5.01 Å². The summed E-state index contributed by atoms with van der Waals surface area (Å²) in [5, 5.41) is 4.15. The molecule has 2 aromatic rings. The summed E-state index contributed by atoms with van der Waals surface area (Å²) in [5.41, 5.74) is 0. The fourth-order valence-electron chi connectivity index (χ4n) is 4.16. The molecule has 2 aliphatic carbocycles. The number of nitrogens with zero attached hydrogens (tertiary/aromatic N) is 7. The lowest BCUT2D eigenvalue weighted by atomic mass is 10.2. The molecule has 7 nitrogen and oxygen atoms in total. The molecule has 1 aliphatic heterocycles. The molecule has 29 heavy (non-hydrogen) atoms. The van der Waals surface area contributed by atoms with Gasteiger partial charge in [-0.15, -0.1) is 0 Å². The second kappa shape index (κ2) is 7.78. The van der Waals surface area contributed by atoms with Crippen LogP contribution in [-0.2, 0) is 0 Å². The lowest BCUT2D eigenvalue weighted by molar-refractivity contribution is 0.173. The Balaban J connectivity index is 1.56. The van der Waals surface area contributed by atoms with Gasteiger partial charge in [-0.1, -0.05) is 0 Å². The Hall–Kier alpha value is -2.42. The van der Waals surface area contributed by atoms with E-state index in [9.17, 15) is 8.78 Å². The van der Waals surface area contributed by atoms with Gasteiger partial charge < -0.3 is 4.90 Å². The van der Waals surface area contributed by atoms with Crippen molar-refractivity contribution in [3.8, 4) is 0 Å². The lowest BCUT2D eigenvalue weighted by Crippen LogP contribution is -2.58. The summed E-state index contributed by atoms with van der Waals surface area (Å²) in [7, 11) is 0. The van der Waals surface area contributed by atoms with Gasteiger partial charge in [-0.25, -0.2) is 28.7 Å². The highest BCUT2D eigenvalue weighted by atomic mass is 19.1. The molecule has 1 radical (unpaired) electrons. The van der Waals surface area contributed by atoms with E-state index in [2.05, 4.69) is 36.3 Å². The molecule has 5 rings (SSSR count). The minimum absolute atomic E-state index is 0.124. The molecule has 2 saturated carbocycles. The molecule has 2 aromatic heterocycles. The molecule has 9 heteroatoms. The van der Waals surface area contributed by atoms with Crippen LogP contribution in [0, 0.1) is 18.1 Å². The summed E-state index contributed by atoms with van der Waals surface area (Å²) in [6.07, 6.45) is 14.1. The van der Waals surface area contributed by atoms with E-state index in [0.717, 1.165) is 44.9 Å². The minimum atomic E-state index is -0.436. The number of hydrogen-bond donors (Lipinski definition) is 0. The Morgan fingerprint density at radius 3 is 2.14 bits per heavy atom. The van der Waals surface area contributed by atoms with Crippen LogP contribution in [0.3, 0.4) is 0 Å². The average Bonchev–Trinajstić information content (AvgIpc) is 3.61. The van der Waals surface area contributed by atoms with Crippen molar-refractivity contribution in [2.45, 2.75) is 63.2 Å². The van der Waals surface area contributed by atoms with Gasteiger partial charge in [0.2, 0.25) is 0 Å². The number of rotatable bonds is 6. The first-order chi connectivity index (χ1) is 14.2. The third-order valence-electron chi connectivity index (χ3n) is 5.72. The SMILES string of the molecule is Fc1cncnc1N(C1CC1)C1CCC[CH]CN1N(c1ncncc1F)C1CC1. The van der Waals surface area contributed by atoms with E-state index in [1.807, 2.05) is 5.01 Å². The van der Waals surface area contributed by atoms with E-state index in [-0.39, 0.29) is 18.2 Å².